The van der Waals surface area contributed by atoms with E-state index in [0.29, 0.717) is 5.56 Å². The second-order valence-electron chi connectivity index (χ2n) is 7.72. The number of aliphatic hydroxyl groups is 1. The third-order valence-corrected chi connectivity index (χ3v) is 5.15. The summed E-state index contributed by atoms with van der Waals surface area (Å²) in [5.74, 6) is 2.61. The Bertz CT molecular complexity index is 1190. The van der Waals surface area contributed by atoms with Gasteiger partial charge in [-0.05, 0) is 49.6 Å². The number of hydrogen-bond donors (Lipinski definition) is 1. The molecule has 0 bridgehead atoms. The van der Waals surface area contributed by atoms with Gasteiger partial charge in [0.15, 0.2) is 0 Å². The standard InChI is InChI=1S/C28H26F2O4/c1-3-5-6-8-19-9-11-21(12-10-19)27(31)33-23-15-16-24(26(30)18-23)28(32)34-22-14-13-20(7-4-2)25(29)17-22/h9-18,27,31H,3,5-6,8H2,1-2H3. The van der Waals surface area contributed by atoms with Crippen LogP contribution < -0.4 is 9.47 Å². The zero-order valence-electron chi connectivity index (χ0n) is 19.1. The van der Waals surface area contributed by atoms with Crippen LogP contribution in [0, 0.1) is 23.5 Å². The Morgan fingerprint density at radius 3 is 2.32 bits per heavy atom. The van der Waals surface area contributed by atoms with E-state index in [1.54, 1.807) is 19.1 Å². The molecule has 0 aliphatic rings. The molecule has 0 heterocycles. The smallest absolute Gasteiger partial charge is 0.346 e. The maximum atomic E-state index is 14.5. The lowest BCUT2D eigenvalue weighted by Gasteiger charge is -2.15. The maximum Gasteiger partial charge on any atom is 0.346 e. The van der Waals surface area contributed by atoms with Crippen LogP contribution in [0.15, 0.2) is 60.7 Å². The summed E-state index contributed by atoms with van der Waals surface area (Å²) in [6.45, 7) is 3.73. The summed E-state index contributed by atoms with van der Waals surface area (Å²) in [7, 11) is 0. The maximum absolute atomic E-state index is 14.5. The second kappa shape index (κ2) is 12.0. The Morgan fingerprint density at radius 2 is 1.68 bits per heavy atom. The highest BCUT2D eigenvalue weighted by atomic mass is 19.1. The van der Waals surface area contributed by atoms with Gasteiger partial charge in [-0.2, -0.15) is 0 Å². The number of esters is 1. The SMILES string of the molecule is CC#Cc1ccc(OC(=O)c2ccc(OC(O)c3ccc(CCCCC)cc3)cc2F)cc1F. The van der Waals surface area contributed by atoms with Crippen LogP contribution in [0.1, 0.15) is 66.4 Å². The number of rotatable bonds is 9. The zero-order chi connectivity index (χ0) is 24.5. The van der Waals surface area contributed by atoms with Gasteiger partial charge in [-0.3, -0.25) is 0 Å². The molecule has 3 rings (SSSR count). The number of ether oxygens (including phenoxy) is 2. The first kappa shape index (κ1) is 24.9. The summed E-state index contributed by atoms with van der Waals surface area (Å²) in [5.41, 5.74) is 1.52. The predicted octanol–water partition coefficient (Wildman–Crippen LogP) is 6.36. The average molecular weight is 465 g/mol. The molecule has 176 valence electrons. The minimum absolute atomic E-state index is 0.0436. The van der Waals surface area contributed by atoms with Crippen LogP contribution in [-0.4, -0.2) is 11.1 Å². The molecule has 34 heavy (non-hydrogen) atoms. The first-order valence-electron chi connectivity index (χ1n) is 11.1. The van der Waals surface area contributed by atoms with Gasteiger partial charge in [0.05, 0.1) is 11.1 Å². The minimum Gasteiger partial charge on any atom is -0.461 e. The van der Waals surface area contributed by atoms with E-state index in [9.17, 15) is 18.7 Å². The van der Waals surface area contributed by atoms with Crippen molar-refractivity contribution in [3.63, 3.8) is 0 Å². The van der Waals surface area contributed by atoms with Crippen molar-refractivity contribution >= 4 is 5.97 Å². The number of unbranched alkanes of at least 4 members (excludes halogenated alkanes) is 2. The molecule has 0 aliphatic heterocycles. The quantitative estimate of drug-likeness (QED) is 0.132. The molecular weight excluding hydrogens is 438 g/mol. The first-order valence-corrected chi connectivity index (χ1v) is 11.1. The highest BCUT2D eigenvalue weighted by Crippen LogP contribution is 2.24. The van der Waals surface area contributed by atoms with Crippen molar-refractivity contribution in [1.82, 2.24) is 0 Å². The van der Waals surface area contributed by atoms with E-state index >= 15 is 0 Å². The van der Waals surface area contributed by atoms with E-state index in [-0.39, 0.29) is 22.6 Å². The lowest BCUT2D eigenvalue weighted by atomic mass is 10.1. The van der Waals surface area contributed by atoms with Gasteiger partial charge in [0.2, 0.25) is 6.29 Å². The summed E-state index contributed by atoms with van der Waals surface area (Å²) in [5, 5.41) is 10.3. The molecule has 4 nitrogen and oxygen atoms in total. The number of aliphatic hydroxyl groups excluding tert-OH is 1. The molecule has 3 aromatic rings. The Morgan fingerprint density at radius 1 is 0.971 bits per heavy atom. The Kier molecular flexibility index (Phi) is 8.78. The molecule has 1 atom stereocenters. The summed E-state index contributed by atoms with van der Waals surface area (Å²) in [6, 6.07) is 14.7. The second-order valence-corrected chi connectivity index (χ2v) is 7.72. The predicted molar refractivity (Wildman–Crippen MR) is 126 cm³/mol. The molecule has 0 radical (unpaired) electrons. The molecule has 0 amide bonds. The molecule has 1 unspecified atom stereocenters. The Hall–Kier alpha value is -3.69. The van der Waals surface area contributed by atoms with Crippen LogP contribution in [0.25, 0.3) is 0 Å². The number of halogens is 2. The van der Waals surface area contributed by atoms with Gasteiger partial charge in [-0.1, -0.05) is 50.0 Å². The van der Waals surface area contributed by atoms with Gasteiger partial charge in [0.25, 0.3) is 0 Å². The zero-order valence-corrected chi connectivity index (χ0v) is 19.1. The van der Waals surface area contributed by atoms with Gasteiger partial charge < -0.3 is 14.6 Å². The summed E-state index contributed by atoms with van der Waals surface area (Å²) in [6.07, 6.45) is 3.10. The lowest BCUT2D eigenvalue weighted by Crippen LogP contribution is -2.12. The van der Waals surface area contributed by atoms with Crippen molar-refractivity contribution in [1.29, 1.82) is 0 Å². The van der Waals surface area contributed by atoms with Crippen molar-refractivity contribution in [2.24, 2.45) is 0 Å². The van der Waals surface area contributed by atoms with Crippen LogP contribution in [0.3, 0.4) is 0 Å². The van der Waals surface area contributed by atoms with Crippen molar-refractivity contribution < 1.29 is 28.2 Å². The third-order valence-electron chi connectivity index (χ3n) is 5.15. The molecule has 0 saturated heterocycles. The van der Waals surface area contributed by atoms with Gasteiger partial charge in [0, 0.05) is 17.7 Å². The van der Waals surface area contributed by atoms with Gasteiger partial charge in [-0.15, -0.1) is 5.92 Å². The first-order chi connectivity index (χ1) is 16.4. The van der Waals surface area contributed by atoms with E-state index < -0.39 is 23.9 Å². The van der Waals surface area contributed by atoms with Crippen LogP contribution in [0.4, 0.5) is 8.78 Å². The Balaban J connectivity index is 1.63. The van der Waals surface area contributed by atoms with Crippen molar-refractivity contribution in [3.05, 3.63) is 94.6 Å². The van der Waals surface area contributed by atoms with E-state index in [4.69, 9.17) is 9.47 Å². The van der Waals surface area contributed by atoms with Crippen LogP contribution in [-0.2, 0) is 6.42 Å². The van der Waals surface area contributed by atoms with E-state index in [2.05, 4.69) is 18.8 Å². The van der Waals surface area contributed by atoms with E-state index in [1.807, 2.05) is 12.1 Å². The highest BCUT2D eigenvalue weighted by molar-refractivity contribution is 5.91. The van der Waals surface area contributed by atoms with E-state index in [0.717, 1.165) is 31.4 Å². The molecule has 1 N–H and O–H groups in total. The van der Waals surface area contributed by atoms with Crippen molar-refractivity contribution in [3.8, 4) is 23.3 Å². The molecule has 0 aliphatic carbocycles. The van der Waals surface area contributed by atoms with Crippen LogP contribution in [0.2, 0.25) is 0 Å². The number of hydrogen-bond acceptors (Lipinski definition) is 4. The lowest BCUT2D eigenvalue weighted by molar-refractivity contribution is -0.0196. The monoisotopic (exact) mass is 464 g/mol. The normalized spacial score (nSPS) is 11.3. The molecule has 6 heteroatoms. The fourth-order valence-electron chi connectivity index (χ4n) is 3.32. The summed E-state index contributed by atoms with van der Waals surface area (Å²) in [4.78, 5) is 12.3. The number of benzene rings is 3. The van der Waals surface area contributed by atoms with Crippen LogP contribution >= 0.6 is 0 Å². The fourth-order valence-corrected chi connectivity index (χ4v) is 3.32. The topological polar surface area (TPSA) is 55.8 Å². The Labute approximate surface area is 198 Å². The molecule has 0 saturated carbocycles. The third kappa shape index (κ3) is 6.66. The fraction of sp³-hybridized carbons (Fsp3) is 0.250. The number of carbonyl (C=O) groups excluding carboxylic acids is 1. The van der Waals surface area contributed by atoms with Gasteiger partial charge >= 0.3 is 5.97 Å². The number of carbonyl (C=O) groups is 1. The average Bonchev–Trinajstić information content (AvgIpc) is 2.81. The van der Waals surface area contributed by atoms with Crippen molar-refractivity contribution in [2.75, 3.05) is 0 Å². The van der Waals surface area contributed by atoms with Crippen molar-refractivity contribution in [2.45, 2.75) is 45.8 Å². The summed E-state index contributed by atoms with van der Waals surface area (Å²) >= 11 is 0. The molecule has 0 spiro atoms. The largest absolute Gasteiger partial charge is 0.461 e. The number of aryl methyl sites for hydroxylation is 1. The van der Waals surface area contributed by atoms with E-state index in [1.165, 1.54) is 36.2 Å². The minimum atomic E-state index is -1.30. The van der Waals surface area contributed by atoms with Gasteiger partial charge in [-0.25, -0.2) is 13.6 Å². The highest BCUT2D eigenvalue weighted by Gasteiger charge is 2.17. The molecule has 3 aromatic carbocycles. The molecule has 0 fully saturated rings. The van der Waals surface area contributed by atoms with Crippen LogP contribution in [0.5, 0.6) is 11.5 Å². The molecular formula is C28H26F2O4. The van der Waals surface area contributed by atoms with Gasteiger partial charge in [0.1, 0.15) is 23.1 Å². The summed E-state index contributed by atoms with van der Waals surface area (Å²) < 4.78 is 39.0. The molecule has 0 aromatic heterocycles.